The van der Waals surface area contributed by atoms with Crippen LogP contribution < -0.4 is 99.1 Å². The quantitative estimate of drug-likeness (QED) is 0.0152. The molecule has 0 spiro atoms. The van der Waals surface area contributed by atoms with Gasteiger partial charge in [-0.25, -0.2) is 14.6 Å². The number of esters is 1. The third-order valence-corrected chi connectivity index (χ3v) is 25.5. The first-order chi connectivity index (χ1) is 62.4. The fourth-order valence-electron chi connectivity index (χ4n) is 14.6. The fourth-order valence-corrected chi connectivity index (χ4v) is 17.4. The van der Waals surface area contributed by atoms with Gasteiger partial charge in [0.25, 0.3) is 0 Å². The molecule has 1 unspecified atom stereocenters. The molecule has 43 nitrogen and oxygen atoms in total. The van der Waals surface area contributed by atoms with Gasteiger partial charge in [0.2, 0.25) is 89.0 Å². The van der Waals surface area contributed by atoms with Crippen molar-refractivity contribution in [1.82, 2.24) is 78.7 Å². The van der Waals surface area contributed by atoms with Crippen molar-refractivity contribution in [2.45, 2.75) is 286 Å². The second-order valence-electron chi connectivity index (χ2n) is 33.9. The van der Waals surface area contributed by atoms with Crippen molar-refractivity contribution in [3.63, 3.8) is 0 Å². The molecule has 1 aromatic heterocycles. The summed E-state index contributed by atoms with van der Waals surface area (Å²) in [5.74, 6) is -17.2. The number of carbonyl (C=O) groups is 18. The highest BCUT2D eigenvalue weighted by Gasteiger charge is 2.65. The number of amides is 14. The molecule has 23 N–H and O–H groups in total. The van der Waals surface area contributed by atoms with Crippen LogP contribution >= 0.6 is 23.5 Å². The average molecular weight is 1920 g/mol. The highest BCUT2D eigenvalue weighted by molar-refractivity contribution is 8.15. The van der Waals surface area contributed by atoms with Crippen LogP contribution in [0.2, 0.25) is 0 Å². The van der Waals surface area contributed by atoms with Crippen molar-refractivity contribution in [3.8, 4) is 0 Å². The number of rotatable bonds is 38. The van der Waals surface area contributed by atoms with E-state index in [1.807, 2.05) is 33.8 Å². The van der Waals surface area contributed by atoms with Crippen LogP contribution in [0.5, 0.6) is 0 Å². The molecule has 4 aliphatic heterocycles. The van der Waals surface area contributed by atoms with Gasteiger partial charge in [-0.3, -0.25) is 81.7 Å². The number of benzene rings is 2. The number of imidazole rings is 1. The summed E-state index contributed by atoms with van der Waals surface area (Å²) in [4.78, 5) is 258. The van der Waals surface area contributed by atoms with Gasteiger partial charge >= 0.3 is 25.5 Å². The van der Waals surface area contributed by atoms with E-state index in [-0.39, 0.29) is 116 Å². The fraction of sp³-hybridized carbons (Fsp3) is 0.609. The smallest absolute Gasteiger partial charge is 1.00 e. The zero-order chi connectivity index (χ0) is 98.0. The molecule has 5 heterocycles. The first kappa shape index (κ1) is 112. The molecule has 46 heteroatoms. The Labute approximate surface area is 788 Å². The van der Waals surface area contributed by atoms with Gasteiger partial charge < -0.3 is 133 Å². The predicted octanol–water partition coefficient (Wildman–Crippen LogP) is -3.27. The molecule has 0 aliphatic carbocycles. The standard InChI is InChI=1S/C66H103N17O16S.C21H27N3O7S.ClH/c1-9-35(6)52(69)66-72-32-48(100-66)63(97)80-43(26-34(4)5)59(93)75-42(22-23-50(85)86)58(92)83-53(36(7)10-2)64(98)76-40-20-15-16-25-71-55(89)46(29-49(68)84)78-62(96)47(30-51(87)88)79-61(95)45(28-39-31-70-33-73-39)77-60(94)44(27-38-18-13-12-14-19-38)81-65(99)54(37(8)11-3)82-57(91)41(21-17-24-67)74-56(40)90;1-5-29-20(28)31-11(2)30-19(27)15-21(3,4)32-18-14(17(26)24(15)18)23-16(25)13(22)12-9-7-6-8-10-12;/h12-14,18-19,31,33-37,40-48,52-54H,9-11,15-17,20-30,32,67,69H2,1-8H3,(H2,68,84)(H,70,73)(H,71,89)(H,74,90)(H,75,93)(H,76,98)(H,77,94)(H,78,96)(H,79,95)(H,80,97)(H,81,99)(H,82,91)(H,83,92)(H,85,86)(H,87,88);6-11,13-15,18H,5,22H2,1-4H3,(H,23,25);1H/t35-,36-,37-,40+,41-,42-,43+,44-,45+,46+,47-,48-,52+,53+,54+;11?,13-,14-,15+,18-;/m11./s1. The summed E-state index contributed by atoms with van der Waals surface area (Å²) >= 11 is 2.58. The summed E-state index contributed by atoms with van der Waals surface area (Å²) in [6, 6.07) is -1.24. The molecule has 7 rings (SSSR count). The molecule has 0 saturated carbocycles. The first-order valence-electron chi connectivity index (χ1n) is 44.3. The number of hydrogen-bond donors (Lipinski definition) is 19. The number of nitrogens with zero attached hydrogens (tertiary/aromatic N) is 3. The summed E-state index contributed by atoms with van der Waals surface area (Å²) in [6.45, 7) is 21.0. The lowest BCUT2D eigenvalue weighted by molar-refractivity contribution is -0.180. The zero-order valence-corrected chi connectivity index (χ0v) is 79.2. The van der Waals surface area contributed by atoms with Crippen LogP contribution in [-0.4, -0.2) is 263 Å². The van der Waals surface area contributed by atoms with E-state index in [0.717, 1.165) is 6.42 Å². The number of aromatic amines is 1. The Bertz CT molecular complexity index is 4530. The minimum Gasteiger partial charge on any atom is -1.00 e. The SMILES string of the molecule is CCOC(=O)OC(C)OC(=O)[C@@H]1N2C(=O)[C@@H](NC(=O)[C@H](N)c3ccccc3)[C@H]2SC1(C)C.CC[C@@H](C)[C@H](N)C1=NC[C@H](C(=O)N[C@@H](CC(C)C)C(=O)N[C@H](CCC(=O)O)C(=O)N[C@H](C(=O)N[C@H]2CCCCNC(=O)[C@H](CC(N)=O)NC(=O)[C@@H](CC(=O)O)NC(=O)[C@H](Cc3cnc[nH]3)NC(=O)[C@@H](Cc3ccccc3)NC(=O)[C@H]([C@H](C)CC)NC(=O)[C@@H](CCCN)NC2=O)[C@H](C)CC)S1.[Cl-].[H+]. The molecule has 14 amide bonds. The van der Waals surface area contributed by atoms with Crippen LogP contribution in [0, 0.1) is 23.7 Å². The molecule has 2 aromatic carbocycles. The van der Waals surface area contributed by atoms with E-state index in [0.29, 0.717) is 21.9 Å². The average Bonchev–Trinajstić information content (AvgIpc) is 1.55. The molecule has 4 aliphatic rings. The topological polar surface area (TPSA) is 668 Å². The Morgan fingerprint density at radius 2 is 1.25 bits per heavy atom. The lowest BCUT2D eigenvalue weighted by Crippen LogP contribution is -3.00. The van der Waals surface area contributed by atoms with Crippen LogP contribution in [0.3, 0.4) is 0 Å². The van der Waals surface area contributed by atoms with Crippen molar-refractivity contribution in [1.29, 1.82) is 0 Å². The number of carboxylic acid groups (broad SMARTS) is 2. The molecule has 133 heavy (non-hydrogen) atoms. The number of carbonyl (C=O) groups excluding carboxylic acids is 16. The Morgan fingerprint density at radius 1 is 0.654 bits per heavy atom. The number of primary amides is 1. The highest BCUT2D eigenvalue weighted by atomic mass is 35.5. The van der Waals surface area contributed by atoms with E-state index in [1.165, 1.54) is 47.9 Å². The number of halogens is 1. The van der Waals surface area contributed by atoms with Crippen molar-refractivity contribution in [2.24, 2.45) is 51.6 Å². The van der Waals surface area contributed by atoms with Crippen molar-refractivity contribution < 1.29 is 125 Å². The second kappa shape index (κ2) is 54.6. The number of β-lactam (4-membered cyclic amide) rings is 1. The van der Waals surface area contributed by atoms with Gasteiger partial charge in [0.05, 0.1) is 43.4 Å². The summed E-state index contributed by atoms with van der Waals surface area (Å²) < 4.78 is 14.0. The molecule has 736 valence electrons. The second-order valence-corrected chi connectivity index (χ2v) is 36.9. The third-order valence-electron chi connectivity index (χ3n) is 22.7. The van der Waals surface area contributed by atoms with Crippen molar-refractivity contribution in [2.75, 3.05) is 26.2 Å². The Morgan fingerprint density at radius 3 is 1.83 bits per heavy atom. The molecular weight excluding hydrogens is 1790 g/mol. The monoisotopic (exact) mass is 1920 g/mol. The van der Waals surface area contributed by atoms with E-state index in [1.54, 1.807) is 103 Å². The Balaban J connectivity index is 0.000000921. The predicted molar refractivity (Wildman–Crippen MR) is 485 cm³/mol. The van der Waals surface area contributed by atoms with E-state index < -0.39 is 251 Å². The van der Waals surface area contributed by atoms with Gasteiger partial charge in [0, 0.05) is 49.4 Å². The number of nitrogens with one attached hydrogen (secondary N) is 13. The first-order valence-corrected chi connectivity index (χ1v) is 46.1. The number of H-pyrrole nitrogens is 1. The van der Waals surface area contributed by atoms with E-state index >= 15 is 0 Å². The van der Waals surface area contributed by atoms with Gasteiger partial charge in [0.15, 0.2) is 0 Å². The van der Waals surface area contributed by atoms with Gasteiger partial charge in [-0.15, -0.1) is 11.8 Å². The van der Waals surface area contributed by atoms with Crippen LogP contribution in [0.15, 0.2) is 78.2 Å². The molecule has 3 aromatic rings. The third kappa shape index (κ3) is 34.5. The van der Waals surface area contributed by atoms with Crippen LogP contribution in [0.25, 0.3) is 0 Å². The molecule has 3 saturated heterocycles. The number of carboxylic acids is 2. The normalized spacial score (nSPS) is 23.4. The van der Waals surface area contributed by atoms with Gasteiger partial charge in [-0.1, -0.05) is 147 Å². The lowest BCUT2D eigenvalue weighted by Gasteiger charge is -2.44. The Kier molecular flexibility index (Phi) is 45.9. The number of aliphatic carboxylic acids is 2. The van der Waals surface area contributed by atoms with Crippen molar-refractivity contribution >= 4 is 135 Å². The lowest BCUT2D eigenvalue weighted by atomic mass is 9.95. The van der Waals surface area contributed by atoms with E-state index in [4.69, 9.17) is 32.4 Å². The molecule has 3 fully saturated rings. The minimum absolute atomic E-state index is 0. The summed E-state index contributed by atoms with van der Waals surface area (Å²) in [5, 5.41) is 50.6. The Hall–Kier alpha value is -11.6. The largest absolute Gasteiger partial charge is 1.00 e. The van der Waals surface area contributed by atoms with E-state index in [2.05, 4.69) is 83.5 Å². The van der Waals surface area contributed by atoms with Gasteiger partial charge in [0.1, 0.15) is 89.2 Å². The minimum atomic E-state index is -1.94. The maximum atomic E-state index is 14.9. The van der Waals surface area contributed by atoms with Gasteiger partial charge in [-0.05, 0) is 107 Å². The van der Waals surface area contributed by atoms with Crippen LogP contribution in [-0.2, 0) is 109 Å². The number of aromatic nitrogens is 2. The molecule has 0 radical (unpaired) electrons. The maximum Gasteiger partial charge on any atom is 1.00 e. The van der Waals surface area contributed by atoms with Gasteiger partial charge in [-0.2, -0.15) is 0 Å². The number of hydrogen-bond acceptors (Lipinski definition) is 28. The number of aliphatic imine (C=N–C) groups is 1. The molecular formula is C87H131ClN20O23S2. The summed E-state index contributed by atoms with van der Waals surface area (Å²) in [5.41, 5.74) is 25.4. The van der Waals surface area contributed by atoms with Crippen LogP contribution in [0.4, 0.5) is 4.79 Å². The highest BCUT2D eigenvalue weighted by Crippen LogP contribution is 2.51. The number of ether oxygens (including phenoxy) is 3. The zero-order valence-electron chi connectivity index (χ0n) is 77.8. The number of nitrogens with two attached hydrogens (primary N) is 4. The maximum absolute atomic E-state index is 14.9. The summed E-state index contributed by atoms with van der Waals surface area (Å²) in [6.07, 6.45) is -1.75. The number of fused-ring (bicyclic) bond motifs is 1. The molecule has 0 bridgehead atoms. The summed E-state index contributed by atoms with van der Waals surface area (Å²) in [7, 11) is 0. The van der Waals surface area contributed by atoms with Crippen molar-refractivity contribution in [3.05, 3.63) is 90.0 Å². The molecule has 20 atom stereocenters. The number of thioether (sulfide) groups is 2. The van der Waals surface area contributed by atoms with E-state index in [9.17, 15) is 96.5 Å². The van der Waals surface area contributed by atoms with Crippen LogP contribution in [0.1, 0.15) is 191 Å².